The van der Waals surface area contributed by atoms with E-state index >= 15 is 0 Å². The van der Waals surface area contributed by atoms with Crippen LogP contribution in [-0.2, 0) is 16.4 Å². The fraction of sp³-hybridized carbons (Fsp3) is 0.400. The predicted octanol–water partition coefficient (Wildman–Crippen LogP) is 5.58. The number of hydrogen-bond donors (Lipinski definition) is 1. The van der Waals surface area contributed by atoms with Gasteiger partial charge in [0.05, 0.1) is 17.7 Å². The van der Waals surface area contributed by atoms with E-state index in [1.54, 1.807) is 24.3 Å². The predicted molar refractivity (Wildman–Crippen MR) is 108 cm³/mol. The van der Waals surface area contributed by atoms with Gasteiger partial charge in [0.2, 0.25) is 0 Å². The van der Waals surface area contributed by atoms with E-state index in [0.717, 1.165) is 24.0 Å². The van der Waals surface area contributed by atoms with Crippen LogP contribution < -0.4 is 9.46 Å². The van der Waals surface area contributed by atoms with Gasteiger partial charge >= 0.3 is 0 Å². The van der Waals surface area contributed by atoms with Crippen LogP contribution >= 0.6 is 11.6 Å². The van der Waals surface area contributed by atoms with Crippen molar-refractivity contribution in [3.05, 3.63) is 52.5 Å². The zero-order chi connectivity index (χ0) is 19.2. The van der Waals surface area contributed by atoms with Gasteiger partial charge < -0.3 is 4.74 Å². The Morgan fingerprint density at radius 1 is 1.08 bits per heavy atom. The normalized spacial score (nSPS) is 11.4. The molecule has 0 fully saturated rings. The third kappa shape index (κ3) is 5.39. The Labute approximate surface area is 161 Å². The summed E-state index contributed by atoms with van der Waals surface area (Å²) in [5.41, 5.74) is 2.30. The van der Waals surface area contributed by atoms with Crippen molar-refractivity contribution in [2.45, 2.75) is 50.8 Å². The van der Waals surface area contributed by atoms with E-state index in [4.69, 9.17) is 16.3 Å². The zero-order valence-electron chi connectivity index (χ0n) is 15.5. The lowest BCUT2D eigenvalue weighted by Gasteiger charge is -2.14. The van der Waals surface area contributed by atoms with Crippen LogP contribution in [0.2, 0.25) is 5.02 Å². The van der Waals surface area contributed by atoms with Crippen LogP contribution in [0.25, 0.3) is 0 Å². The first-order chi connectivity index (χ1) is 12.4. The molecule has 0 spiro atoms. The fourth-order valence-corrected chi connectivity index (χ4v) is 3.92. The second-order valence-electron chi connectivity index (χ2n) is 6.36. The smallest absolute Gasteiger partial charge is 0.262 e. The van der Waals surface area contributed by atoms with Gasteiger partial charge in [0.15, 0.2) is 0 Å². The van der Waals surface area contributed by atoms with Crippen LogP contribution in [0.3, 0.4) is 0 Å². The van der Waals surface area contributed by atoms with E-state index in [2.05, 4.69) is 11.6 Å². The summed E-state index contributed by atoms with van der Waals surface area (Å²) >= 11 is 6.07. The Balaban J connectivity index is 2.14. The molecule has 1 N–H and O–H groups in total. The van der Waals surface area contributed by atoms with Crippen molar-refractivity contribution < 1.29 is 13.2 Å². The minimum absolute atomic E-state index is 0.226. The van der Waals surface area contributed by atoms with Crippen molar-refractivity contribution >= 4 is 27.3 Å². The second-order valence-corrected chi connectivity index (χ2v) is 8.45. The molecule has 0 saturated carbocycles. The summed E-state index contributed by atoms with van der Waals surface area (Å²) in [4.78, 5) is 0.226. The van der Waals surface area contributed by atoms with E-state index in [9.17, 15) is 8.42 Å². The van der Waals surface area contributed by atoms with Gasteiger partial charge in [-0.25, -0.2) is 8.42 Å². The van der Waals surface area contributed by atoms with E-state index in [1.807, 2.05) is 19.1 Å². The lowest BCUT2D eigenvalue weighted by Crippen LogP contribution is -2.14. The largest absolute Gasteiger partial charge is 0.495 e. The van der Waals surface area contributed by atoms with Crippen molar-refractivity contribution in [2.24, 2.45) is 0 Å². The molecule has 2 rings (SSSR count). The van der Waals surface area contributed by atoms with Crippen LogP contribution in [0.15, 0.2) is 41.3 Å². The summed E-state index contributed by atoms with van der Waals surface area (Å²) in [6.45, 7) is 4.00. The summed E-state index contributed by atoms with van der Waals surface area (Å²) in [5, 5.41) is 0.525. The molecule has 0 amide bonds. The molecule has 6 heteroatoms. The number of unbranched alkanes of at least 4 members (excludes halogenated alkanes) is 3. The van der Waals surface area contributed by atoms with Gasteiger partial charge in [-0.2, -0.15) is 0 Å². The van der Waals surface area contributed by atoms with Crippen LogP contribution in [-0.4, -0.2) is 15.5 Å². The maximum atomic E-state index is 12.7. The van der Waals surface area contributed by atoms with Gasteiger partial charge in [0.25, 0.3) is 10.0 Å². The molecule has 0 aromatic heterocycles. The molecule has 0 aliphatic carbocycles. The summed E-state index contributed by atoms with van der Waals surface area (Å²) in [6, 6.07) is 10.3. The van der Waals surface area contributed by atoms with Gasteiger partial charge in [0.1, 0.15) is 5.75 Å². The summed E-state index contributed by atoms with van der Waals surface area (Å²) in [7, 11) is -2.22. The first-order valence-corrected chi connectivity index (χ1v) is 10.7. The molecule has 2 aromatic carbocycles. The molecule has 26 heavy (non-hydrogen) atoms. The van der Waals surface area contributed by atoms with E-state index in [1.165, 1.54) is 26.4 Å². The first-order valence-electron chi connectivity index (χ1n) is 8.83. The van der Waals surface area contributed by atoms with Crippen molar-refractivity contribution in [1.29, 1.82) is 0 Å². The maximum Gasteiger partial charge on any atom is 0.262 e. The number of aryl methyl sites for hydroxylation is 2. The Kier molecular flexibility index (Phi) is 7.35. The fourth-order valence-electron chi connectivity index (χ4n) is 2.71. The minimum atomic E-state index is -3.69. The van der Waals surface area contributed by atoms with E-state index in [-0.39, 0.29) is 4.90 Å². The molecule has 0 bridgehead atoms. The quantitative estimate of drug-likeness (QED) is 0.564. The number of nitrogens with one attached hydrogen (secondary N) is 1. The van der Waals surface area contributed by atoms with E-state index in [0.29, 0.717) is 16.5 Å². The zero-order valence-corrected chi connectivity index (χ0v) is 17.1. The Hall–Kier alpha value is -1.72. The summed E-state index contributed by atoms with van der Waals surface area (Å²) < 4.78 is 33.2. The molecule has 0 unspecified atom stereocenters. The van der Waals surface area contributed by atoms with E-state index < -0.39 is 10.0 Å². The molecular weight excluding hydrogens is 370 g/mol. The SMILES string of the molecule is CCCCCCc1ccc(S(=O)(=O)Nc2cc(C)c(Cl)cc2OC)cc1. The molecule has 0 atom stereocenters. The van der Waals surface area contributed by atoms with Crippen molar-refractivity contribution in [1.82, 2.24) is 0 Å². The lowest BCUT2D eigenvalue weighted by molar-refractivity contribution is 0.417. The minimum Gasteiger partial charge on any atom is -0.495 e. The number of halogens is 1. The topological polar surface area (TPSA) is 55.4 Å². The standard InChI is InChI=1S/C20H26ClNO3S/c1-4-5-6-7-8-16-9-11-17(12-10-16)26(23,24)22-19-13-15(2)18(21)14-20(19)25-3/h9-14,22H,4-8H2,1-3H3. The second kappa shape index (κ2) is 9.28. The number of sulfonamides is 1. The number of anilines is 1. The average Bonchev–Trinajstić information content (AvgIpc) is 2.62. The molecule has 0 aliphatic rings. The van der Waals surface area contributed by atoms with Crippen LogP contribution in [0.4, 0.5) is 5.69 Å². The number of methoxy groups -OCH3 is 1. The first kappa shape index (κ1) is 20.6. The highest BCUT2D eigenvalue weighted by Crippen LogP contribution is 2.32. The van der Waals surface area contributed by atoms with Crippen molar-refractivity contribution in [3.63, 3.8) is 0 Å². The van der Waals surface area contributed by atoms with Gasteiger partial charge in [0, 0.05) is 11.1 Å². The highest BCUT2D eigenvalue weighted by atomic mass is 35.5. The molecular formula is C20H26ClNO3S. The molecule has 0 aliphatic heterocycles. The number of benzene rings is 2. The van der Waals surface area contributed by atoms with Crippen molar-refractivity contribution in [3.8, 4) is 5.75 Å². The highest BCUT2D eigenvalue weighted by molar-refractivity contribution is 7.92. The molecule has 2 aromatic rings. The van der Waals surface area contributed by atoms with Gasteiger partial charge in [-0.3, -0.25) is 4.72 Å². The average molecular weight is 396 g/mol. The van der Waals surface area contributed by atoms with Crippen LogP contribution in [0.1, 0.15) is 43.7 Å². The highest BCUT2D eigenvalue weighted by Gasteiger charge is 2.17. The molecule has 0 saturated heterocycles. The van der Waals surface area contributed by atoms with Crippen molar-refractivity contribution in [2.75, 3.05) is 11.8 Å². The monoisotopic (exact) mass is 395 g/mol. The maximum absolute atomic E-state index is 12.7. The Morgan fingerprint density at radius 2 is 1.77 bits per heavy atom. The van der Waals surface area contributed by atoms with Gasteiger partial charge in [-0.15, -0.1) is 0 Å². The van der Waals surface area contributed by atoms with Crippen LogP contribution in [0, 0.1) is 6.92 Å². The third-order valence-electron chi connectivity index (χ3n) is 4.28. The Morgan fingerprint density at radius 3 is 2.38 bits per heavy atom. The summed E-state index contributed by atoms with van der Waals surface area (Å²) in [6.07, 6.45) is 5.74. The Bertz CT molecular complexity index is 833. The summed E-state index contributed by atoms with van der Waals surface area (Å²) in [5.74, 6) is 0.386. The number of hydrogen-bond acceptors (Lipinski definition) is 3. The van der Waals surface area contributed by atoms with Gasteiger partial charge in [-0.1, -0.05) is 49.9 Å². The molecule has 142 valence electrons. The third-order valence-corrected chi connectivity index (χ3v) is 6.07. The number of rotatable bonds is 9. The molecule has 4 nitrogen and oxygen atoms in total. The molecule has 0 radical (unpaired) electrons. The van der Waals surface area contributed by atoms with Crippen LogP contribution in [0.5, 0.6) is 5.75 Å². The van der Waals surface area contributed by atoms with Gasteiger partial charge in [-0.05, 0) is 49.1 Å². The number of ether oxygens (including phenoxy) is 1. The lowest BCUT2D eigenvalue weighted by atomic mass is 10.1. The molecule has 0 heterocycles.